The number of hydrogen-bond donors (Lipinski definition) is 1. The van der Waals surface area contributed by atoms with Gasteiger partial charge in [0.05, 0.1) is 13.2 Å². The number of halogens is 1. The van der Waals surface area contributed by atoms with Gasteiger partial charge in [0.1, 0.15) is 5.75 Å². The Bertz CT molecular complexity index is 369. The zero-order chi connectivity index (χ0) is 14.1. The molecule has 0 atom stereocenters. The van der Waals surface area contributed by atoms with E-state index in [1.807, 2.05) is 12.1 Å². The first kappa shape index (κ1) is 16.5. The molecule has 1 rings (SSSR count). The van der Waals surface area contributed by atoms with E-state index in [0.29, 0.717) is 5.92 Å². The quantitative estimate of drug-likeness (QED) is 0.702. The maximum Gasteiger partial charge on any atom is 0.122 e. The molecule has 0 amide bonds. The van der Waals surface area contributed by atoms with Gasteiger partial charge in [-0.2, -0.15) is 0 Å². The van der Waals surface area contributed by atoms with Gasteiger partial charge in [-0.25, -0.2) is 0 Å². The molecule has 0 aliphatic rings. The summed E-state index contributed by atoms with van der Waals surface area (Å²) in [4.78, 5) is 0. The third kappa shape index (κ3) is 6.41. The summed E-state index contributed by atoms with van der Waals surface area (Å²) in [6.45, 7) is 7.71. The maximum absolute atomic E-state index is 5.87. The van der Waals surface area contributed by atoms with Crippen LogP contribution >= 0.6 is 15.9 Å². The highest BCUT2D eigenvalue weighted by atomic mass is 79.9. The Morgan fingerprint density at radius 3 is 2.68 bits per heavy atom. The van der Waals surface area contributed by atoms with E-state index in [2.05, 4.69) is 41.2 Å². The first-order valence-electron chi connectivity index (χ1n) is 6.77. The Morgan fingerprint density at radius 1 is 1.21 bits per heavy atom. The van der Waals surface area contributed by atoms with Crippen LogP contribution in [0.4, 0.5) is 0 Å². The molecule has 0 aliphatic carbocycles. The van der Waals surface area contributed by atoms with Crippen molar-refractivity contribution < 1.29 is 9.47 Å². The number of ether oxygens (including phenoxy) is 2. The highest BCUT2D eigenvalue weighted by molar-refractivity contribution is 9.10. The molecule has 0 aromatic heterocycles. The zero-order valence-electron chi connectivity index (χ0n) is 12.0. The Labute approximate surface area is 124 Å². The van der Waals surface area contributed by atoms with E-state index < -0.39 is 0 Å². The van der Waals surface area contributed by atoms with Gasteiger partial charge >= 0.3 is 0 Å². The lowest BCUT2D eigenvalue weighted by Gasteiger charge is -2.14. The largest absolute Gasteiger partial charge is 0.493 e. The summed E-state index contributed by atoms with van der Waals surface area (Å²) >= 11 is 3.50. The number of hydrogen-bond acceptors (Lipinski definition) is 3. The van der Waals surface area contributed by atoms with E-state index in [0.717, 1.165) is 42.9 Å². The van der Waals surface area contributed by atoms with Crippen molar-refractivity contribution in [2.75, 3.05) is 33.4 Å². The molecule has 0 saturated carbocycles. The van der Waals surface area contributed by atoms with Gasteiger partial charge in [-0.05, 0) is 42.6 Å². The molecular formula is C15H24BrNO2. The van der Waals surface area contributed by atoms with Crippen LogP contribution < -0.4 is 10.1 Å². The van der Waals surface area contributed by atoms with Crippen LogP contribution in [0.25, 0.3) is 0 Å². The highest BCUT2D eigenvalue weighted by Gasteiger charge is 2.08. The van der Waals surface area contributed by atoms with Crippen LogP contribution in [0.1, 0.15) is 31.7 Å². The SMILES string of the molecule is COCCNCCCOc1ccc(Br)cc1C(C)C. The van der Waals surface area contributed by atoms with Crippen LogP contribution in [0.2, 0.25) is 0 Å². The van der Waals surface area contributed by atoms with E-state index in [1.165, 1.54) is 5.56 Å². The maximum atomic E-state index is 5.87. The third-order valence-electron chi connectivity index (χ3n) is 2.83. The first-order valence-corrected chi connectivity index (χ1v) is 7.56. The van der Waals surface area contributed by atoms with Gasteiger partial charge in [0, 0.05) is 18.1 Å². The molecule has 108 valence electrons. The standard InChI is InChI=1S/C15H24BrNO2/c1-12(2)14-11-13(16)5-6-15(14)19-9-4-7-17-8-10-18-3/h5-6,11-12,17H,4,7-10H2,1-3H3. The Kier molecular flexibility index (Phi) is 8.10. The molecule has 1 N–H and O–H groups in total. The summed E-state index contributed by atoms with van der Waals surface area (Å²) in [7, 11) is 1.71. The fourth-order valence-corrected chi connectivity index (χ4v) is 2.16. The second-order valence-corrected chi connectivity index (χ2v) is 5.70. The Hall–Kier alpha value is -0.580. The van der Waals surface area contributed by atoms with Crippen molar-refractivity contribution in [3.05, 3.63) is 28.2 Å². The second-order valence-electron chi connectivity index (χ2n) is 4.78. The number of nitrogens with one attached hydrogen (secondary N) is 1. The van der Waals surface area contributed by atoms with E-state index in [9.17, 15) is 0 Å². The molecule has 0 aliphatic heterocycles. The van der Waals surface area contributed by atoms with Crippen molar-refractivity contribution in [3.63, 3.8) is 0 Å². The predicted octanol–water partition coefficient (Wildman–Crippen LogP) is 3.58. The topological polar surface area (TPSA) is 30.5 Å². The van der Waals surface area contributed by atoms with Crippen LogP contribution in [-0.4, -0.2) is 33.4 Å². The van der Waals surface area contributed by atoms with E-state index in [4.69, 9.17) is 9.47 Å². The molecule has 0 radical (unpaired) electrons. The average Bonchev–Trinajstić information content (AvgIpc) is 2.39. The minimum Gasteiger partial charge on any atom is -0.493 e. The van der Waals surface area contributed by atoms with Crippen LogP contribution in [0.15, 0.2) is 22.7 Å². The van der Waals surface area contributed by atoms with Crippen LogP contribution in [0.3, 0.4) is 0 Å². The molecule has 1 aromatic carbocycles. The molecule has 0 unspecified atom stereocenters. The molecule has 0 bridgehead atoms. The number of methoxy groups -OCH3 is 1. The van der Waals surface area contributed by atoms with Gasteiger partial charge in [0.25, 0.3) is 0 Å². The zero-order valence-corrected chi connectivity index (χ0v) is 13.6. The summed E-state index contributed by atoms with van der Waals surface area (Å²) in [5, 5.41) is 3.31. The normalized spacial score (nSPS) is 11.0. The summed E-state index contributed by atoms with van der Waals surface area (Å²) in [6.07, 6.45) is 0.997. The summed E-state index contributed by atoms with van der Waals surface area (Å²) in [5.41, 5.74) is 1.25. The van der Waals surface area contributed by atoms with Gasteiger partial charge in [0.2, 0.25) is 0 Å². The molecular weight excluding hydrogens is 306 g/mol. The van der Waals surface area contributed by atoms with Gasteiger partial charge in [0.15, 0.2) is 0 Å². The lowest BCUT2D eigenvalue weighted by molar-refractivity contribution is 0.198. The minimum atomic E-state index is 0.465. The van der Waals surface area contributed by atoms with Gasteiger partial charge in [-0.15, -0.1) is 0 Å². The number of benzene rings is 1. The molecule has 1 aromatic rings. The molecule has 0 saturated heterocycles. The van der Waals surface area contributed by atoms with Crippen molar-refractivity contribution in [1.29, 1.82) is 0 Å². The third-order valence-corrected chi connectivity index (χ3v) is 3.33. The van der Waals surface area contributed by atoms with Crippen LogP contribution in [0.5, 0.6) is 5.75 Å². The highest BCUT2D eigenvalue weighted by Crippen LogP contribution is 2.29. The molecule has 3 nitrogen and oxygen atoms in total. The van der Waals surface area contributed by atoms with Crippen molar-refractivity contribution in [1.82, 2.24) is 5.32 Å². The van der Waals surface area contributed by atoms with E-state index >= 15 is 0 Å². The van der Waals surface area contributed by atoms with Crippen LogP contribution in [0, 0.1) is 0 Å². The smallest absolute Gasteiger partial charge is 0.122 e. The van der Waals surface area contributed by atoms with Crippen LogP contribution in [-0.2, 0) is 4.74 Å². The molecule has 0 fully saturated rings. The fourth-order valence-electron chi connectivity index (χ4n) is 1.78. The summed E-state index contributed by atoms with van der Waals surface area (Å²) in [6, 6.07) is 6.20. The monoisotopic (exact) mass is 329 g/mol. The molecule has 19 heavy (non-hydrogen) atoms. The lowest BCUT2D eigenvalue weighted by atomic mass is 10.0. The number of rotatable bonds is 9. The molecule has 4 heteroatoms. The van der Waals surface area contributed by atoms with E-state index in [1.54, 1.807) is 7.11 Å². The summed E-state index contributed by atoms with van der Waals surface area (Å²) in [5.74, 6) is 1.46. The molecule has 0 heterocycles. The summed E-state index contributed by atoms with van der Waals surface area (Å²) < 4.78 is 11.9. The van der Waals surface area contributed by atoms with Gasteiger partial charge < -0.3 is 14.8 Å². The van der Waals surface area contributed by atoms with Crippen molar-refractivity contribution in [2.24, 2.45) is 0 Å². The fraction of sp³-hybridized carbons (Fsp3) is 0.600. The second kappa shape index (κ2) is 9.34. The minimum absolute atomic E-state index is 0.465. The van der Waals surface area contributed by atoms with Gasteiger partial charge in [-0.1, -0.05) is 29.8 Å². The predicted molar refractivity (Wildman–Crippen MR) is 83.1 cm³/mol. The Balaban J connectivity index is 2.33. The molecule has 0 spiro atoms. The first-order chi connectivity index (χ1) is 9.15. The lowest BCUT2D eigenvalue weighted by Crippen LogP contribution is -2.21. The average molecular weight is 330 g/mol. The van der Waals surface area contributed by atoms with Crippen molar-refractivity contribution in [3.8, 4) is 5.75 Å². The van der Waals surface area contributed by atoms with Crippen molar-refractivity contribution >= 4 is 15.9 Å². The Morgan fingerprint density at radius 2 is 2.00 bits per heavy atom. The van der Waals surface area contributed by atoms with Crippen molar-refractivity contribution in [2.45, 2.75) is 26.2 Å². The van der Waals surface area contributed by atoms with Gasteiger partial charge in [-0.3, -0.25) is 0 Å². The van der Waals surface area contributed by atoms with E-state index in [-0.39, 0.29) is 0 Å².